The van der Waals surface area contributed by atoms with Crippen LogP contribution in [0.2, 0.25) is 0 Å². The van der Waals surface area contributed by atoms with Gasteiger partial charge in [-0.25, -0.2) is 8.42 Å². The molecule has 0 radical (unpaired) electrons. The average molecular weight is 427 g/mol. The van der Waals surface area contributed by atoms with E-state index in [-0.39, 0.29) is 40.7 Å². The maximum Gasteiger partial charge on any atom is 0.325 e. The maximum absolute atomic E-state index is 13.3. The highest BCUT2D eigenvalue weighted by molar-refractivity contribution is 7.89. The first-order valence-electron chi connectivity index (χ1n) is 9.70. The first-order valence-corrected chi connectivity index (χ1v) is 11.1. The zero-order valence-corrected chi connectivity index (χ0v) is 18.4. The van der Waals surface area contributed by atoms with Gasteiger partial charge in [-0.15, -0.1) is 0 Å². The van der Waals surface area contributed by atoms with Crippen LogP contribution < -0.4 is 10.1 Å². The Morgan fingerprint density at radius 2 is 1.83 bits per heavy atom. The molecule has 1 fully saturated rings. The Morgan fingerprint density at radius 3 is 2.38 bits per heavy atom. The molecule has 1 heterocycles. The van der Waals surface area contributed by atoms with Crippen molar-refractivity contribution in [1.29, 1.82) is 0 Å². The number of ether oxygens (including phenoxy) is 2. The first kappa shape index (κ1) is 23.2. The lowest BCUT2D eigenvalue weighted by Crippen LogP contribution is -2.42. The van der Waals surface area contributed by atoms with Gasteiger partial charge in [-0.3, -0.25) is 9.59 Å². The highest BCUT2D eigenvalue weighted by Crippen LogP contribution is 2.32. The third-order valence-corrected chi connectivity index (χ3v) is 6.49. The molecule has 0 spiro atoms. The predicted molar refractivity (Wildman–Crippen MR) is 108 cm³/mol. The molecule has 0 aliphatic carbocycles. The highest BCUT2D eigenvalue weighted by atomic mass is 32.2. The van der Waals surface area contributed by atoms with Crippen LogP contribution in [0.3, 0.4) is 0 Å². The van der Waals surface area contributed by atoms with Crippen molar-refractivity contribution in [2.24, 2.45) is 11.8 Å². The van der Waals surface area contributed by atoms with E-state index in [1.807, 2.05) is 13.8 Å². The molecule has 0 saturated carbocycles. The Hall–Kier alpha value is -2.13. The number of amides is 1. The molecule has 2 unspecified atom stereocenters. The zero-order chi connectivity index (χ0) is 21.8. The minimum absolute atomic E-state index is 0.0568. The summed E-state index contributed by atoms with van der Waals surface area (Å²) < 4.78 is 38.2. The molecule has 1 aromatic rings. The minimum Gasteiger partial charge on any atom is -0.495 e. The fourth-order valence-electron chi connectivity index (χ4n) is 3.52. The molecule has 29 heavy (non-hydrogen) atoms. The lowest BCUT2D eigenvalue weighted by Gasteiger charge is -2.34. The van der Waals surface area contributed by atoms with Crippen LogP contribution in [0.15, 0.2) is 23.1 Å². The third kappa shape index (κ3) is 5.93. The molecular formula is C20H30N2O6S. The summed E-state index contributed by atoms with van der Waals surface area (Å²) in [5.41, 5.74) is 0.125. The molecular weight excluding hydrogens is 396 g/mol. The average Bonchev–Trinajstić information content (AvgIpc) is 2.64. The van der Waals surface area contributed by atoms with E-state index in [0.29, 0.717) is 13.1 Å². The smallest absolute Gasteiger partial charge is 0.325 e. The summed E-state index contributed by atoms with van der Waals surface area (Å²) in [5.74, 6) is -0.459. The maximum atomic E-state index is 13.3. The Labute approximate surface area is 172 Å². The van der Waals surface area contributed by atoms with Crippen molar-refractivity contribution < 1.29 is 27.5 Å². The van der Waals surface area contributed by atoms with E-state index in [9.17, 15) is 18.0 Å². The summed E-state index contributed by atoms with van der Waals surface area (Å²) in [4.78, 5) is 24.0. The van der Waals surface area contributed by atoms with Gasteiger partial charge in [-0.1, -0.05) is 13.8 Å². The van der Waals surface area contributed by atoms with Crippen molar-refractivity contribution >= 4 is 21.9 Å². The lowest BCUT2D eigenvalue weighted by molar-refractivity contribution is -0.146. The van der Waals surface area contributed by atoms with E-state index < -0.39 is 21.9 Å². The molecule has 2 atom stereocenters. The van der Waals surface area contributed by atoms with Crippen LogP contribution in [0.1, 0.15) is 44.5 Å². The van der Waals surface area contributed by atoms with Gasteiger partial charge >= 0.3 is 5.97 Å². The van der Waals surface area contributed by atoms with Gasteiger partial charge in [0, 0.05) is 18.7 Å². The van der Waals surface area contributed by atoms with Gasteiger partial charge in [0.05, 0.1) is 13.2 Å². The van der Waals surface area contributed by atoms with Crippen molar-refractivity contribution in [3.63, 3.8) is 0 Å². The number of sulfonamides is 1. The van der Waals surface area contributed by atoms with E-state index in [2.05, 4.69) is 5.32 Å². The second-order valence-electron chi connectivity index (χ2n) is 7.85. The summed E-state index contributed by atoms with van der Waals surface area (Å²) >= 11 is 0. The largest absolute Gasteiger partial charge is 0.495 e. The molecule has 1 aromatic carbocycles. The Bertz CT molecular complexity index is 843. The number of hydrogen-bond acceptors (Lipinski definition) is 6. The van der Waals surface area contributed by atoms with Crippen molar-refractivity contribution in [1.82, 2.24) is 9.62 Å². The standard InChI is InChI=1S/C20H30N2O6S/c1-13(2)28-19(23)10-21-20(24)16-6-7-17(27-5)18(9-16)29(25,26)22-11-14(3)8-15(4)12-22/h6-7,9,13-15H,8,10-12H2,1-5H3,(H,21,24). The van der Waals surface area contributed by atoms with Crippen molar-refractivity contribution in [2.45, 2.75) is 45.1 Å². The molecule has 1 aliphatic heterocycles. The number of piperidine rings is 1. The minimum atomic E-state index is -3.84. The monoisotopic (exact) mass is 426 g/mol. The number of rotatable bonds is 7. The number of benzene rings is 1. The summed E-state index contributed by atoms with van der Waals surface area (Å²) in [7, 11) is -2.45. The van der Waals surface area contributed by atoms with Gasteiger partial charge in [0.1, 0.15) is 17.2 Å². The van der Waals surface area contributed by atoms with Crippen LogP contribution in [-0.4, -0.2) is 57.4 Å². The highest BCUT2D eigenvalue weighted by Gasteiger charge is 2.34. The quantitative estimate of drug-likeness (QED) is 0.670. The van der Waals surface area contributed by atoms with Crippen molar-refractivity contribution in [3.8, 4) is 5.75 Å². The lowest BCUT2D eigenvalue weighted by atomic mass is 9.94. The van der Waals surface area contributed by atoms with Crippen LogP contribution in [0, 0.1) is 11.8 Å². The van der Waals surface area contributed by atoms with Crippen LogP contribution in [0.5, 0.6) is 5.75 Å². The SMILES string of the molecule is COc1ccc(C(=O)NCC(=O)OC(C)C)cc1S(=O)(=O)N1CC(C)CC(C)C1. The van der Waals surface area contributed by atoms with E-state index >= 15 is 0 Å². The molecule has 1 N–H and O–H groups in total. The van der Waals surface area contributed by atoms with Gasteiger partial charge in [-0.2, -0.15) is 4.31 Å². The van der Waals surface area contributed by atoms with E-state index in [0.717, 1.165) is 6.42 Å². The second-order valence-corrected chi connectivity index (χ2v) is 9.76. The molecule has 1 amide bonds. The summed E-state index contributed by atoms with van der Waals surface area (Å²) in [6.07, 6.45) is 0.685. The molecule has 1 saturated heterocycles. The molecule has 9 heteroatoms. The summed E-state index contributed by atoms with van der Waals surface area (Å²) in [5, 5.41) is 2.45. The summed E-state index contributed by atoms with van der Waals surface area (Å²) in [6.45, 7) is 8.02. The van der Waals surface area contributed by atoms with Gasteiger partial charge in [0.2, 0.25) is 10.0 Å². The van der Waals surface area contributed by atoms with Gasteiger partial charge < -0.3 is 14.8 Å². The van der Waals surface area contributed by atoms with Crippen LogP contribution in [-0.2, 0) is 19.6 Å². The Balaban J connectivity index is 2.26. The number of nitrogens with zero attached hydrogens (tertiary/aromatic N) is 1. The zero-order valence-electron chi connectivity index (χ0n) is 17.6. The number of hydrogen-bond donors (Lipinski definition) is 1. The van der Waals surface area contributed by atoms with E-state index in [1.165, 1.54) is 29.6 Å². The topological polar surface area (TPSA) is 102 Å². The fourth-order valence-corrected chi connectivity index (χ4v) is 5.38. The van der Waals surface area contributed by atoms with Crippen LogP contribution in [0.25, 0.3) is 0 Å². The number of carbonyl (C=O) groups is 2. The normalized spacial score (nSPS) is 20.3. The Kier molecular flexibility index (Phi) is 7.65. The molecule has 0 bridgehead atoms. The van der Waals surface area contributed by atoms with Crippen molar-refractivity contribution in [2.75, 3.05) is 26.7 Å². The molecule has 0 aromatic heterocycles. The van der Waals surface area contributed by atoms with Crippen molar-refractivity contribution in [3.05, 3.63) is 23.8 Å². The third-order valence-electron chi connectivity index (χ3n) is 4.64. The molecule has 162 valence electrons. The Morgan fingerprint density at radius 1 is 1.21 bits per heavy atom. The number of nitrogens with one attached hydrogen (secondary N) is 1. The van der Waals surface area contributed by atoms with Gasteiger partial charge in [0.15, 0.2) is 0 Å². The van der Waals surface area contributed by atoms with Crippen LogP contribution >= 0.6 is 0 Å². The number of carbonyl (C=O) groups excluding carboxylic acids is 2. The van der Waals surface area contributed by atoms with E-state index in [4.69, 9.17) is 9.47 Å². The van der Waals surface area contributed by atoms with E-state index in [1.54, 1.807) is 13.8 Å². The predicted octanol–water partition coefficient (Wildman–Crippen LogP) is 2.04. The van der Waals surface area contributed by atoms with Gasteiger partial charge in [0.25, 0.3) is 5.91 Å². The molecule has 1 aliphatic rings. The van der Waals surface area contributed by atoms with Gasteiger partial charge in [-0.05, 0) is 50.3 Å². The number of esters is 1. The first-order chi connectivity index (χ1) is 13.5. The number of methoxy groups -OCH3 is 1. The molecule has 8 nitrogen and oxygen atoms in total. The summed E-state index contributed by atoms with van der Waals surface area (Å²) in [6, 6.07) is 4.20. The fraction of sp³-hybridized carbons (Fsp3) is 0.600. The molecule has 2 rings (SSSR count). The second kappa shape index (κ2) is 9.58. The van der Waals surface area contributed by atoms with Crippen LogP contribution in [0.4, 0.5) is 0 Å².